The van der Waals surface area contributed by atoms with E-state index in [1.807, 2.05) is 14.0 Å². The summed E-state index contributed by atoms with van der Waals surface area (Å²) in [7, 11) is 7.22. The molecule has 0 aliphatic rings. The maximum Gasteiger partial charge on any atom is 0.0906 e. The quantitative estimate of drug-likeness (QED) is 0.467. The molecule has 0 heterocycles. The van der Waals surface area contributed by atoms with Crippen molar-refractivity contribution in [3.8, 4) is 0 Å². The average Bonchev–Trinajstić information content (AvgIpc) is 1.65. The summed E-state index contributed by atoms with van der Waals surface area (Å²) in [6.07, 6.45) is 0.997. The molecule has 1 unspecified atom stereocenters. The molecule has 0 aliphatic carbocycles. The molecule has 1 N–H and O–H groups in total. The Labute approximate surface area is 40.5 Å². The van der Waals surface area contributed by atoms with Crippen LogP contribution in [0.3, 0.4) is 0 Å². The highest BCUT2D eigenvalue weighted by molar-refractivity contribution is 6.11. The first-order valence-electron chi connectivity index (χ1n) is 2.24. The lowest BCUT2D eigenvalue weighted by Gasteiger charge is -2.02. The highest BCUT2D eigenvalue weighted by Gasteiger charge is 1.86. The van der Waals surface area contributed by atoms with E-state index in [9.17, 15) is 0 Å². The second-order valence-electron chi connectivity index (χ2n) is 1.30. The first kappa shape index (κ1) is 6.02. The van der Waals surface area contributed by atoms with Crippen molar-refractivity contribution in [2.24, 2.45) is 0 Å². The minimum absolute atomic E-state index is 0.185. The van der Waals surface area contributed by atoms with Crippen LogP contribution >= 0.6 is 0 Å². The number of rotatable bonds is 2. The van der Waals surface area contributed by atoms with Gasteiger partial charge in [-0.15, -0.1) is 0 Å². The van der Waals surface area contributed by atoms with Gasteiger partial charge in [0.2, 0.25) is 0 Å². The van der Waals surface area contributed by atoms with E-state index in [4.69, 9.17) is 7.85 Å². The van der Waals surface area contributed by atoms with Gasteiger partial charge >= 0.3 is 0 Å². The highest BCUT2D eigenvalue weighted by Crippen LogP contribution is 1.77. The molecule has 0 fully saturated rings. The smallest absolute Gasteiger partial charge is 0.0906 e. The van der Waals surface area contributed by atoms with Gasteiger partial charge in [-0.3, -0.25) is 0 Å². The summed E-state index contributed by atoms with van der Waals surface area (Å²) in [5.41, 5.74) is 0. The van der Waals surface area contributed by atoms with Crippen LogP contribution in [-0.4, -0.2) is 20.8 Å². The Morgan fingerprint density at radius 3 is 2.33 bits per heavy atom. The number of hydrogen-bond acceptors (Lipinski definition) is 1. The number of hydrogen-bond donors (Lipinski definition) is 1. The van der Waals surface area contributed by atoms with E-state index in [-0.39, 0.29) is 5.94 Å². The van der Waals surface area contributed by atoms with Crippen molar-refractivity contribution in [3.05, 3.63) is 0 Å². The van der Waals surface area contributed by atoms with Gasteiger partial charge in [-0.2, -0.15) is 0 Å². The van der Waals surface area contributed by atoms with Crippen molar-refractivity contribution in [1.82, 2.24) is 5.32 Å². The lowest BCUT2D eigenvalue weighted by Crippen LogP contribution is -2.23. The van der Waals surface area contributed by atoms with Crippen LogP contribution in [0, 0.1) is 0 Å². The molecule has 0 aliphatic heterocycles. The zero-order valence-electron chi connectivity index (χ0n) is 4.36. The Bertz CT molecular complexity index is 26.7. The van der Waals surface area contributed by atoms with Crippen LogP contribution in [0.15, 0.2) is 0 Å². The summed E-state index contributed by atoms with van der Waals surface area (Å²) in [5, 5.41) is 2.89. The maximum atomic E-state index is 5.36. The molecule has 0 aromatic heterocycles. The fraction of sp³-hybridized carbons (Fsp3) is 1.00. The summed E-state index contributed by atoms with van der Waals surface area (Å²) >= 11 is 0. The van der Waals surface area contributed by atoms with E-state index in [1.165, 1.54) is 0 Å². The Kier molecular flexibility index (Phi) is 3.24. The standard InChI is InChI=1S/C4H10BN/c1-3-4(5)6-2/h4,6H,3H2,1-2H3. The van der Waals surface area contributed by atoms with Crippen LogP contribution in [0.2, 0.25) is 0 Å². The molecule has 34 valence electrons. The fourth-order valence-electron chi connectivity index (χ4n) is 0.204. The molecule has 0 saturated heterocycles. The Morgan fingerprint density at radius 1 is 1.83 bits per heavy atom. The van der Waals surface area contributed by atoms with Crippen LogP contribution in [0.4, 0.5) is 0 Å². The topological polar surface area (TPSA) is 12.0 Å². The van der Waals surface area contributed by atoms with Crippen molar-refractivity contribution in [2.45, 2.75) is 19.3 Å². The number of nitrogens with one attached hydrogen (secondary N) is 1. The lowest BCUT2D eigenvalue weighted by atomic mass is 9.95. The monoisotopic (exact) mass is 83.1 g/mol. The third-order valence-corrected chi connectivity index (χ3v) is 0.811. The van der Waals surface area contributed by atoms with Gasteiger partial charge in [-0.25, -0.2) is 0 Å². The molecule has 1 nitrogen and oxygen atoms in total. The molecular weight excluding hydrogens is 72.9 g/mol. The largest absolute Gasteiger partial charge is 0.326 e. The van der Waals surface area contributed by atoms with Crippen LogP contribution in [0.25, 0.3) is 0 Å². The van der Waals surface area contributed by atoms with Crippen molar-refractivity contribution in [3.63, 3.8) is 0 Å². The Balaban J connectivity index is 2.75. The summed E-state index contributed by atoms with van der Waals surface area (Å²) in [4.78, 5) is 0. The van der Waals surface area contributed by atoms with E-state index >= 15 is 0 Å². The predicted molar refractivity (Wildman–Crippen MR) is 28.9 cm³/mol. The summed E-state index contributed by atoms with van der Waals surface area (Å²) in [6.45, 7) is 2.04. The molecule has 0 aromatic rings. The van der Waals surface area contributed by atoms with Gasteiger partial charge in [0, 0.05) is 0 Å². The molecule has 0 saturated carbocycles. The van der Waals surface area contributed by atoms with Gasteiger partial charge in [-0.1, -0.05) is 6.92 Å². The van der Waals surface area contributed by atoms with Gasteiger partial charge in [0.25, 0.3) is 0 Å². The molecule has 2 radical (unpaired) electrons. The molecule has 2 heteroatoms. The molecule has 0 spiro atoms. The molecular formula is C4H10BN. The van der Waals surface area contributed by atoms with E-state index in [1.54, 1.807) is 0 Å². The maximum absolute atomic E-state index is 5.36. The molecule has 1 atom stereocenters. The lowest BCUT2D eigenvalue weighted by molar-refractivity contribution is 0.706. The normalized spacial score (nSPS) is 14.3. The van der Waals surface area contributed by atoms with E-state index in [0.717, 1.165) is 6.42 Å². The third-order valence-electron chi connectivity index (χ3n) is 0.811. The van der Waals surface area contributed by atoms with Crippen molar-refractivity contribution >= 4 is 7.85 Å². The fourth-order valence-corrected chi connectivity index (χ4v) is 0.204. The van der Waals surface area contributed by atoms with Gasteiger partial charge in [-0.05, 0) is 19.4 Å². The molecule has 0 bridgehead atoms. The van der Waals surface area contributed by atoms with Crippen molar-refractivity contribution < 1.29 is 0 Å². The van der Waals surface area contributed by atoms with Crippen LogP contribution in [0.1, 0.15) is 13.3 Å². The zero-order chi connectivity index (χ0) is 4.99. The minimum atomic E-state index is 0.185. The van der Waals surface area contributed by atoms with Crippen LogP contribution in [0.5, 0.6) is 0 Å². The minimum Gasteiger partial charge on any atom is -0.326 e. The van der Waals surface area contributed by atoms with Crippen molar-refractivity contribution in [1.29, 1.82) is 0 Å². The first-order chi connectivity index (χ1) is 2.81. The van der Waals surface area contributed by atoms with Gasteiger partial charge in [0.05, 0.1) is 7.85 Å². The molecule has 0 rings (SSSR count). The highest BCUT2D eigenvalue weighted by atomic mass is 14.8. The van der Waals surface area contributed by atoms with E-state index < -0.39 is 0 Å². The summed E-state index contributed by atoms with van der Waals surface area (Å²) < 4.78 is 0. The van der Waals surface area contributed by atoms with Crippen LogP contribution < -0.4 is 5.32 Å². The zero-order valence-corrected chi connectivity index (χ0v) is 4.36. The molecule has 6 heavy (non-hydrogen) atoms. The summed E-state index contributed by atoms with van der Waals surface area (Å²) in [6, 6.07) is 0. The molecule has 0 amide bonds. The van der Waals surface area contributed by atoms with Gasteiger partial charge < -0.3 is 5.32 Å². The van der Waals surface area contributed by atoms with E-state index in [0.29, 0.717) is 0 Å². The predicted octanol–water partition coefficient (Wildman–Crippen LogP) is 0.110. The second-order valence-corrected chi connectivity index (χ2v) is 1.30. The first-order valence-corrected chi connectivity index (χ1v) is 2.24. The van der Waals surface area contributed by atoms with Gasteiger partial charge in [0.1, 0.15) is 0 Å². The van der Waals surface area contributed by atoms with Gasteiger partial charge in [0.15, 0.2) is 0 Å². The SMILES string of the molecule is [B]C(CC)NC. The Morgan fingerprint density at radius 2 is 2.33 bits per heavy atom. The average molecular weight is 82.9 g/mol. The van der Waals surface area contributed by atoms with Crippen molar-refractivity contribution in [2.75, 3.05) is 7.05 Å². The van der Waals surface area contributed by atoms with Crippen LogP contribution in [-0.2, 0) is 0 Å². The molecule has 0 aromatic carbocycles. The third kappa shape index (κ3) is 2.27. The van der Waals surface area contributed by atoms with E-state index in [2.05, 4.69) is 5.32 Å². The Hall–Kier alpha value is 0.0249. The second kappa shape index (κ2) is 3.22. The summed E-state index contributed by atoms with van der Waals surface area (Å²) in [5.74, 6) is 0.185.